The van der Waals surface area contributed by atoms with Gasteiger partial charge in [0.15, 0.2) is 0 Å². The van der Waals surface area contributed by atoms with Crippen LogP contribution in [0.1, 0.15) is 32.6 Å². The van der Waals surface area contributed by atoms with Crippen molar-refractivity contribution in [2.45, 2.75) is 38.8 Å². The molecule has 0 aromatic heterocycles. The molecule has 0 heterocycles. The zero-order valence-electron chi connectivity index (χ0n) is 7.90. The average Bonchev–Trinajstić information content (AvgIpc) is 2.02. The van der Waals surface area contributed by atoms with Crippen molar-refractivity contribution in [1.82, 2.24) is 0 Å². The summed E-state index contributed by atoms with van der Waals surface area (Å²) >= 11 is 0. The van der Waals surface area contributed by atoms with Crippen LogP contribution in [0.5, 0.6) is 0 Å². The second-order valence-electron chi connectivity index (χ2n) is 4.19. The lowest BCUT2D eigenvalue weighted by Crippen LogP contribution is -2.41. The van der Waals surface area contributed by atoms with Crippen molar-refractivity contribution in [3.8, 4) is 0 Å². The quantitative estimate of drug-likeness (QED) is 0.722. The zero-order valence-corrected chi connectivity index (χ0v) is 7.90. The fourth-order valence-electron chi connectivity index (χ4n) is 1.95. The van der Waals surface area contributed by atoms with Crippen molar-refractivity contribution in [3.63, 3.8) is 0 Å². The van der Waals surface area contributed by atoms with E-state index in [0.717, 1.165) is 6.92 Å². The van der Waals surface area contributed by atoms with Crippen LogP contribution in [0.2, 0.25) is 0 Å². The Morgan fingerprint density at radius 2 is 2.07 bits per heavy atom. The predicted molar refractivity (Wildman–Crippen MR) is 43.8 cm³/mol. The van der Waals surface area contributed by atoms with Crippen LogP contribution in [0.25, 0.3) is 0 Å². The van der Waals surface area contributed by atoms with Gasteiger partial charge < -0.3 is 5.11 Å². The number of carboxylic acids is 1. The second kappa shape index (κ2) is 3.44. The van der Waals surface area contributed by atoms with Gasteiger partial charge in [-0.3, -0.25) is 4.79 Å². The first kappa shape index (κ1) is 11.3. The van der Waals surface area contributed by atoms with Crippen LogP contribution in [0.3, 0.4) is 0 Å². The summed E-state index contributed by atoms with van der Waals surface area (Å²) < 4.78 is 37.7. The van der Waals surface area contributed by atoms with Gasteiger partial charge in [-0.1, -0.05) is 13.3 Å². The minimum absolute atomic E-state index is 0.0419. The number of halogens is 3. The third-order valence-electron chi connectivity index (χ3n) is 3.01. The second-order valence-corrected chi connectivity index (χ2v) is 4.19. The van der Waals surface area contributed by atoms with Crippen LogP contribution in [0, 0.1) is 11.3 Å². The maximum Gasteiger partial charge on any atom is 0.394 e. The molecule has 2 unspecified atom stereocenters. The predicted octanol–water partition coefficient (Wildman–Crippen LogP) is 2.83. The summed E-state index contributed by atoms with van der Waals surface area (Å²) in [6, 6.07) is 0. The molecule has 0 radical (unpaired) electrons. The molecule has 1 fully saturated rings. The van der Waals surface area contributed by atoms with Crippen LogP contribution >= 0.6 is 0 Å². The van der Waals surface area contributed by atoms with Gasteiger partial charge in [0.1, 0.15) is 0 Å². The third kappa shape index (κ3) is 2.01. The summed E-state index contributed by atoms with van der Waals surface area (Å²) in [5.41, 5.74) is -1.81. The Hall–Kier alpha value is -0.740. The Morgan fingerprint density at radius 3 is 2.50 bits per heavy atom. The van der Waals surface area contributed by atoms with E-state index in [4.69, 9.17) is 5.11 Å². The van der Waals surface area contributed by atoms with Crippen molar-refractivity contribution >= 4 is 5.97 Å². The van der Waals surface area contributed by atoms with Crippen molar-refractivity contribution in [1.29, 1.82) is 0 Å². The van der Waals surface area contributed by atoms with E-state index in [1.165, 1.54) is 0 Å². The maximum absolute atomic E-state index is 12.6. The van der Waals surface area contributed by atoms with Gasteiger partial charge in [-0.15, -0.1) is 0 Å². The average molecular weight is 210 g/mol. The molecule has 0 amide bonds. The lowest BCUT2D eigenvalue weighted by atomic mass is 9.70. The van der Waals surface area contributed by atoms with E-state index in [1.807, 2.05) is 0 Å². The normalized spacial score (nSPS) is 34.1. The van der Waals surface area contributed by atoms with Gasteiger partial charge in [0, 0.05) is 0 Å². The molecule has 2 atom stereocenters. The number of carbonyl (C=O) groups is 1. The number of aliphatic carboxylic acids is 1. The molecule has 0 saturated heterocycles. The number of hydrogen-bond donors (Lipinski definition) is 1. The lowest BCUT2D eigenvalue weighted by Gasteiger charge is -2.38. The van der Waals surface area contributed by atoms with Crippen molar-refractivity contribution in [3.05, 3.63) is 0 Å². The Balaban J connectivity index is 2.77. The van der Waals surface area contributed by atoms with Gasteiger partial charge in [0.05, 0.1) is 11.3 Å². The minimum atomic E-state index is -4.29. The van der Waals surface area contributed by atoms with Crippen molar-refractivity contribution in [2.24, 2.45) is 11.3 Å². The molecule has 0 aromatic carbocycles. The van der Waals surface area contributed by atoms with E-state index in [2.05, 4.69) is 0 Å². The highest BCUT2D eigenvalue weighted by Gasteiger charge is 2.53. The summed E-state index contributed by atoms with van der Waals surface area (Å²) in [6.45, 7) is 1.11. The molecule has 0 bridgehead atoms. The number of hydrogen-bond acceptors (Lipinski definition) is 1. The van der Waals surface area contributed by atoms with Gasteiger partial charge in [-0.25, -0.2) is 0 Å². The fourth-order valence-corrected chi connectivity index (χ4v) is 1.95. The Morgan fingerprint density at radius 1 is 1.50 bits per heavy atom. The largest absolute Gasteiger partial charge is 0.481 e. The highest BCUT2D eigenvalue weighted by molar-refractivity contribution is 5.70. The summed E-state index contributed by atoms with van der Waals surface area (Å²) in [6.07, 6.45) is -3.83. The standard InChI is InChI=1S/C9H13F3O2/c1-8(9(10,11)12)4-2-3-6(5-8)7(13)14/h6H,2-5H2,1H3,(H,13,14). The van der Waals surface area contributed by atoms with Crippen LogP contribution in [-0.2, 0) is 4.79 Å². The molecule has 2 nitrogen and oxygen atoms in total. The molecule has 1 rings (SSSR count). The highest BCUT2D eigenvalue weighted by Crippen LogP contribution is 2.50. The zero-order chi connectivity index (χ0) is 11.0. The molecule has 1 saturated carbocycles. The molecule has 1 aliphatic rings. The smallest absolute Gasteiger partial charge is 0.394 e. The molecule has 0 aromatic rings. The topological polar surface area (TPSA) is 37.3 Å². The number of carboxylic acid groups (broad SMARTS) is 1. The van der Waals surface area contributed by atoms with E-state index in [1.54, 1.807) is 0 Å². The number of rotatable bonds is 1. The summed E-state index contributed by atoms with van der Waals surface area (Å²) in [4.78, 5) is 10.6. The molecule has 14 heavy (non-hydrogen) atoms. The molecule has 0 aliphatic heterocycles. The Bertz CT molecular complexity index is 237. The van der Waals surface area contributed by atoms with Gasteiger partial charge >= 0.3 is 12.1 Å². The van der Waals surface area contributed by atoms with E-state index in [0.29, 0.717) is 12.8 Å². The molecule has 5 heteroatoms. The molecule has 1 N–H and O–H groups in total. The minimum Gasteiger partial charge on any atom is -0.481 e. The van der Waals surface area contributed by atoms with E-state index < -0.39 is 23.5 Å². The lowest BCUT2D eigenvalue weighted by molar-refractivity contribution is -0.232. The van der Waals surface area contributed by atoms with E-state index in [9.17, 15) is 18.0 Å². The van der Waals surface area contributed by atoms with Crippen molar-refractivity contribution < 1.29 is 23.1 Å². The maximum atomic E-state index is 12.6. The SMILES string of the molecule is CC1(C(F)(F)F)CCCC(C(=O)O)C1. The molecule has 1 aliphatic carbocycles. The summed E-state index contributed by atoms with van der Waals surface area (Å²) in [7, 11) is 0. The fraction of sp³-hybridized carbons (Fsp3) is 0.889. The van der Waals surface area contributed by atoms with Crippen LogP contribution in [0.4, 0.5) is 13.2 Å². The monoisotopic (exact) mass is 210 g/mol. The van der Waals surface area contributed by atoms with E-state index in [-0.39, 0.29) is 12.8 Å². The molecule has 82 valence electrons. The van der Waals surface area contributed by atoms with Crippen LogP contribution < -0.4 is 0 Å². The highest BCUT2D eigenvalue weighted by atomic mass is 19.4. The van der Waals surface area contributed by atoms with Gasteiger partial charge in [0.2, 0.25) is 0 Å². The van der Waals surface area contributed by atoms with E-state index >= 15 is 0 Å². The molecule has 0 spiro atoms. The first-order valence-electron chi connectivity index (χ1n) is 4.56. The third-order valence-corrected chi connectivity index (χ3v) is 3.01. The summed E-state index contributed by atoms with van der Waals surface area (Å²) in [5.74, 6) is -1.95. The Kier molecular flexibility index (Phi) is 2.78. The Labute approximate surface area is 80.1 Å². The van der Waals surface area contributed by atoms with Gasteiger partial charge in [0.25, 0.3) is 0 Å². The molecular formula is C9H13F3O2. The molecular weight excluding hydrogens is 197 g/mol. The van der Waals surface area contributed by atoms with Crippen LogP contribution in [-0.4, -0.2) is 17.3 Å². The van der Waals surface area contributed by atoms with Gasteiger partial charge in [-0.2, -0.15) is 13.2 Å². The first-order chi connectivity index (χ1) is 6.26. The van der Waals surface area contributed by atoms with Crippen molar-refractivity contribution in [2.75, 3.05) is 0 Å². The summed E-state index contributed by atoms with van der Waals surface area (Å²) in [5, 5.41) is 8.67. The van der Waals surface area contributed by atoms with Crippen LogP contribution in [0.15, 0.2) is 0 Å². The number of alkyl halides is 3. The first-order valence-corrected chi connectivity index (χ1v) is 4.56. The van der Waals surface area contributed by atoms with Gasteiger partial charge in [-0.05, 0) is 19.3 Å².